The van der Waals surface area contributed by atoms with Crippen molar-refractivity contribution in [1.82, 2.24) is 10.6 Å². The van der Waals surface area contributed by atoms with E-state index in [1.54, 1.807) is 0 Å². The standard InChI is InChI=1S/C6H8Cl3N3O2/c7-3(5(8)9)4(12(13)14)6-10-1-2-11-6/h10-13H,1-2H2. The lowest BCUT2D eigenvalue weighted by molar-refractivity contribution is -1.01. The lowest BCUT2D eigenvalue weighted by Crippen LogP contribution is -3.03. The topological polar surface area (TPSA) is 71.8 Å². The van der Waals surface area contributed by atoms with Gasteiger partial charge in [-0.3, -0.25) is 0 Å². The molecule has 0 aromatic rings. The van der Waals surface area contributed by atoms with Crippen molar-refractivity contribution in [3.63, 3.8) is 0 Å². The minimum Gasteiger partial charge on any atom is -0.595 e. The summed E-state index contributed by atoms with van der Waals surface area (Å²) < 4.78 is -0.271. The molecule has 0 aliphatic carbocycles. The molecule has 1 rings (SSSR count). The van der Waals surface area contributed by atoms with Gasteiger partial charge in [0.1, 0.15) is 9.52 Å². The number of quaternary nitrogens is 1. The van der Waals surface area contributed by atoms with Gasteiger partial charge in [0.15, 0.2) is 5.82 Å². The number of hydroxylamine groups is 2. The van der Waals surface area contributed by atoms with Crippen LogP contribution in [-0.4, -0.2) is 18.3 Å². The fourth-order valence-electron chi connectivity index (χ4n) is 1.02. The number of hydrogen-bond acceptors (Lipinski definition) is 4. The molecule has 0 aromatic carbocycles. The van der Waals surface area contributed by atoms with Gasteiger partial charge in [0.05, 0.1) is 0 Å². The first-order valence-corrected chi connectivity index (χ1v) is 4.84. The predicted octanol–water partition coefficient (Wildman–Crippen LogP) is 0.00570. The van der Waals surface area contributed by atoms with Gasteiger partial charge in [-0.2, -0.15) is 5.23 Å². The molecule has 5 nitrogen and oxygen atoms in total. The third kappa shape index (κ3) is 2.66. The van der Waals surface area contributed by atoms with Crippen molar-refractivity contribution in [2.75, 3.05) is 13.1 Å². The smallest absolute Gasteiger partial charge is 0.225 e. The van der Waals surface area contributed by atoms with Crippen LogP contribution in [0.1, 0.15) is 0 Å². The molecule has 1 aliphatic heterocycles. The van der Waals surface area contributed by atoms with E-state index in [0.29, 0.717) is 18.9 Å². The van der Waals surface area contributed by atoms with Crippen molar-refractivity contribution in [1.29, 1.82) is 0 Å². The quantitative estimate of drug-likeness (QED) is 0.528. The number of hydrogen-bond donors (Lipinski definition) is 4. The average molecular weight is 261 g/mol. The molecule has 0 saturated carbocycles. The van der Waals surface area contributed by atoms with Gasteiger partial charge in [-0.1, -0.05) is 34.8 Å². The Morgan fingerprint density at radius 2 is 1.79 bits per heavy atom. The largest absolute Gasteiger partial charge is 0.595 e. The summed E-state index contributed by atoms with van der Waals surface area (Å²) in [6, 6.07) is 0. The highest BCUT2D eigenvalue weighted by molar-refractivity contribution is 6.59. The molecule has 1 saturated heterocycles. The second-order valence-corrected chi connectivity index (χ2v) is 3.81. The van der Waals surface area contributed by atoms with E-state index in [2.05, 4.69) is 10.6 Å². The summed E-state index contributed by atoms with van der Waals surface area (Å²) in [6.45, 7) is 1.27. The summed E-state index contributed by atoms with van der Waals surface area (Å²) in [6.07, 6.45) is 0. The van der Waals surface area contributed by atoms with Crippen molar-refractivity contribution in [3.05, 3.63) is 26.2 Å². The highest BCUT2D eigenvalue weighted by Crippen LogP contribution is 2.23. The van der Waals surface area contributed by atoms with E-state index in [1.807, 2.05) is 0 Å². The number of rotatable bonds is 2. The summed E-state index contributed by atoms with van der Waals surface area (Å²) >= 11 is 16.5. The van der Waals surface area contributed by atoms with Crippen molar-refractivity contribution in [3.8, 4) is 0 Å². The summed E-state index contributed by atoms with van der Waals surface area (Å²) in [4.78, 5) is 0. The van der Waals surface area contributed by atoms with Gasteiger partial charge in [-0.15, -0.1) is 0 Å². The Kier molecular flexibility index (Phi) is 4.31. The normalized spacial score (nSPS) is 17.1. The van der Waals surface area contributed by atoms with E-state index in [9.17, 15) is 5.21 Å². The van der Waals surface area contributed by atoms with Crippen molar-refractivity contribution in [2.24, 2.45) is 0 Å². The first-order valence-electron chi connectivity index (χ1n) is 3.70. The first-order chi connectivity index (χ1) is 6.54. The zero-order chi connectivity index (χ0) is 10.7. The van der Waals surface area contributed by atoms with Crippen LogP contribution in [0.25, 0.3) is 0 Å². The van der Waals surface area contributed by atoms with Gasteiger partial charge in [0.25, 0.3) is 0 Å². The maximum absolute atomic E-state index is 10.9. The molecule has 8 heteroatoms. The number of nitrogens with one attached hydrogen (secondary N) is 3. The third-order valence-corrected chi connectivity index (χ3v) is 2.53. The molecular formula is C6H8Cl3N3O2. The molecule has 1 heterocycles. The van der Waals surface area contributed by atoms with Crippen LogP contribution in [0.3, 0.4) is 0 Å². The van der Waals surface area contributed by atoms with Crippen LogP contribution in [0.15, 0.2) is 21.0 Å². The maximum atomic E-state index is 10.9. The highest BCUT2D eigenvalue weighted by Gasteiger charge is 2.22. The molecular weight excluding hydrogens is 252 g/mol. The molecule has 80 valence electrons. The van der Waals surface area contributed by atoms with Crippen molar-refractivity contribution in [2.45, 2.75) is 0 Å². The number of allylic oxidation sites excluding steroid dienone is 1. The summed E-state index contributed by atoms with van der Waals surface area (Å²) in [7, 11) is 0. The molecule has 14 heavy (non-hydrogen) atoms. The van der Waals surface area contributed by atoms with Gasteiger partial charge in [0, 0.05) is 13.1 Å². The average Bonchev–Trinajstić information content (AvgIpc) is 2.56. The van der Waals surface area contributed by atoms with Gasteiger partial charge < -0.3 is 15.8 Å². The minimum atomic E-state index is -1.19. The van der Waals surface area contributed by atoms with Crippen LogP contribution in [0, 0.1) is 5.21 Å². The molecule has 1 unspecified atom stereocenters. The van der Waals surface area contributed by atoms with Crippen LogP contribution in [0.5, 0.6) is 0 Å². The molecule has 4 N–H and O–H groups in total. The molecule has 1 fully saturated rings. The Balaban J connectivity index is 3.07. The minimum absolute atomic E-state index is 0.149. The van der Waals surface area contributed by atoms with Crippen LogP contribution in [0.2, 0.25) is 0 Å². The molecule has 0 spiro atoms. The van der Waals surface area contributed by atoms with Crippen molar-refractivity contribution < 1.29 is 10.4 Å². The van der Waals surface area contributed by atoms with Gasteiger partial charge >= 0.3 is 0 Å². The lowest BCUT2D eigenvalue weighted by Gasteiger charge is -2.17. The number of halogens is 3. The summed E-state index contributed by atoms with van der Waals surface area (Å²) in [5.41, 5.74) is -0.149. The van der Waals surface area contributed by atoms with Gasteiger partial charge in [-0.25, -0.2) is 5.21 Å². The van der Waals surface area contributed by atoms with Crippen LogP contribution in [0.4, 0.5) is 0 Å². The van der Waals surface area contributed by atoms with Crippen molar-refractivity contribution >= 4 is 34.8 Å². The van der Waals surface area contributed by atoms with Crippen LogP contribution in [-0.2, 0) is 0 Å². The van der Waals surface area contributed by atoms with Gasteiger partial charge in [0.2, 0.25) is 5.70 Å². The maximum Gasteiger partial charge on any atom is 0.225 e. The zero-order valence-electron chi connectivity index (χ0n) is 6.90. The summed E-state index contributed by atoms with van der Waals surface area (Å²) in [5.74, 6) is 0.335. The Morgan fingerprint density at radius 3 is 2.14 bits per heavy atom. The fourth-order valence-corrected chi connectivity index (χ4v) is 1.38. The SMILES string of the molecule is [O-][NH+](O)C(=C1NCCN1)C(Cl)=C(Cl)Cl. The molecule has 0 bridgehead atoms. The van der Waals surface area contributed by atoms with E-state index in [-0.39, 0.29) is 15.2 Å². The molecule has 1 atom stereocenters. The molecule has 0 amide bonds. The van der Waals surface area contributed by atoms with Gasteiger partial charge in [-0.05, 0) is 0 Å². The Bertz CT molecular complexity index is 278. The second-order valence-electron chi connectivity index (χ2n) is 2.48. The van der Waals surface area contributed by atoms with Crippen LogP contribution < -0.4 is 15.9 Å². The molecule has 0 aromatic heterocycles. The third-order valence-electron chi connectivity index (χ3n) is 1.58. The van der Waals surface area contributed by atoms with E-state index >= 15 is 0 Å². The molecule has 0 radical (unpaired) electrons. The Morgan fingerprint density at radius 1 is 1.29 bits per heavy atom. The van der Waals surface area contributed by atoms with Crippen LogP contribution >= 0.6 is 34.8 Å². The van der Waals surface area contributed by atoms with E-state index < -0.39 is 5.23 Å². The second kappa shape index (κ2) is 5.06. The Hall–Kier alpha value is -0.170. The lowest BCUT2D eigenvalue weighted by atomic mass is 10.4. The highest BCUT2D eigenvalue weighted by atomic mass is 35.5. The first kappa shape index (κ1) is 11.9. The van der Waals surface area contributed by atoms with E-state index in [1.165, 1.54) is 0 Å². The summed E-state index contributed by atoms with van der Waals surface area (Å²) in [5, 5.41) is 24.0. The molecule has 1 aliphatic rings. The predicted molar refractivity (Wildman–Crippen MR) is 53.7 cm³/mol. The van der Waals surface area contributed by atoms with E-state index in [0.717, 1.165) is 0 Å². The van der Waals surface area contributed by atoms with E-state index in [4.69, 9.17) is 40.0 Å². The monoisotopic (exact) mass is 259 g/mol. The Labute approximate surface area is 95.4 Å². The fraction of sp³-hybridized carbons (Fsp3) is 0.333. The zero-order valence-corrected chi connectivity index (χ0v) is 9.17.